The molecule has 0 atom stereocenters. The van der Waals surface area contributed by atoms with Gasteiger partial charge in [-0.1, -0.05) is 18.2 Å². The van der Waals surface area contributed by atoms with Crippen LogP contribution >= 0.6 is 0 Å². The number of amides is 1. The molecule has 10 heteroatoms. The van der Waals surface area contributed by atoms with Crippen LogP contribution in [0.2, 0.25) is 0 Å². The third kappa shape index (κ3) is 3.76. The van der Waals surface area contributed by atoms with Gasteiger partial charge < -0.3 is 14.1 Å². The van der Waals surface area contributed by atoms with Crippen LogP contribution in [0.1, 0.15) is 5.56 Å². The van der Waals surface area contributed by atoms with E-state index >= 15 is 0 Å². The number of benzene rings is 2. The van der Waals surface area contributed by atoms with E-state index in [0.717, 1.165) is 5.56 Å². The number of nitrogens with one attached hydrogen (secondary N) is 1. The Kier molecular flexibility index (Phi) is 4.89. The number of hydrogen-bond donors (Lipinski definition) is 1. The van der Waals surface area contributed by atoms with Gasteiger partial charge in [0.25, 0.3) is 5.91 Å². The lowest BCUT2D eigenvalue weighted by molar-refractivity contribution is -0.133. The fraction of sp³-hybridized carbons (Fsp3) is 0.263. The van der Waals surface area contributed by atoms with Gasteiger partial charge in [-0.2, -0.15) is 0 Å². The van der Waals surface area contributed by atoms with E-state index in [1.54, 1.807) is 11.0 Å². The van der Waals surface area contributed by atoms with Gasteiger partial charge in [0.05, 0.1) is 10.4 Å². The smallest absolute Gasteiger partial charge is 0.419 e. The molecule has 1 N–H and O–H groups in total. The molecule has 152 valence electrons. The molecule has 9 nitrogen and oxygen atoms in total. The maximum atomic E-state index is 12.6. The number of rotatable bonds is 5. The van der Waals surface area contributed by atoms with Crippen LogP contribution in [0.4, 0.5) is 0 Å². The highest BCUT2D eigenvalue weighted by molar-refractivity contribution is 7.89. The number of carbonyl (C=O) groups is 1. The summed E-state index contributed by atoms with van der Waals surface area (Å²) in [6, 6.07) is 11.6. The van der Waals surface area contributed by atoms with Crippen LogP contribution in [0.3, 0.4) is 0 Å². The molecule has 0 bridgehead atoms. The van der Waals surface area contributed by atoms with Crippen LogP contribution in [0, 0.1) is 0 Å². The summed E-state index contributed by atoms with van der Waals surface area (Å²) in [5.74, 6) is -0.122. The zero-order chi connectivity index (χ0) is 20.6. The summed E-state index contributed by atoms with van der Waals surface area (Å²) < 4.78 is 39.5. The lowest BCUT2D eigenvalue weighted by atomic mass is 10.2. The molecule has 3 aromatic rings. The van der Waals surface area contributed by atoms with Crippen molar-refractivity contribution in [1.82, 2.24) is 14.2 Å². The van der Waals surface area contributed by atoms with Gasteiger partial charge in [-0.25, -0.2) is 17.9 Å². The second kappa shape index (κ2) is 7.37. The number of oxazole rings is 1. The summed E-state index contributed by atoms with van der Waals surface area (Å²) in [7, 11) is -2.32. The molecule has 2 aromatic carbocycles. The Balaban J connectivity index is 1.46. The van der Waals surface area contributed by atoms with E-state index in [0.29, 0.717) is 23.4 Å². The molecule has 0 saturated carbocycles. The average molecular weight is 417 g/mol. The summed E-state index contributed by atoms with van der Waals surface area (Å²) in [5.41, 5.74) is 1.56. The number of aromatic nitrogens is 1. The van der Waals surface area contributed by atoms with Gasteiger partial charge in [0.1, 0.15) is 5.75 Å². The third-order valence-electron chi connectivity index (χ3n) is 4.78. The number of ether oxygens (including phenoxy) is 1. The molecule has 0 radical (unpaired) electrons. The molecule has 29 heavy (non-hydrogen) atoms. The molecule has 4 rings (SSSR count). The number of carbonyl (C=O) groups excluding carboxylic acids is 1. The monoisotopic (exact) mass is 417 g/mol. The first-order valence-electron chi connectivity index (χ1n) is 8.93. The molecule has 0 aliphatic carbocycles. The highest BCUT2D eigenvalue weighted by Gasteiger charge is 2.22. The summed E-state index contributed by atoms with van der Waals surface area (Å²) in [6.45, 7) is 0.496. The van der Waals surface area contributed by atoms with Crippen molar-refractivity contribution in [1.29, 1.82) is 0 Å². The first kappa shape index (κ1) is 19.2. The van der Waals surface area contributed by atoms with Crippen molar-refractivity contribution in [3.05, 3.63) is 58.6 Å². The molecule has 1 aromatic heterocycles. The number of nitrogens with zero attached hydrogens (tertiary/aromatic N) is 2. The van der Waals surface area contributed by atoms with Crippen LogP contribution in [0.5, 0.6) is 5.75 Å². The molecular weight excluding hydrogens is 398 g/mol. The quantitative estimate of drug-likeness (QED) is 0.658. The van der Waals surface area contributed by atoms with Crippen molar-refractivity contribution in [2.75, 3.05) is 19.7 Å². The Bertz CT molecular complexity index is 1240. The van der Waals surface area contributed by atoms with Crippen molar-refractivity contribution in [2.45, 2.75) is 11.4 Å². The average Bonchev–Trinajstić information content (AvgIpc) is 2.88. The first-order valence-corrected chi connectivity index (χ1v) is 10.4. The maximum absolute atomic E-state index is 12.6. The summed E-state index contributed by atoms with van der Waals surface area (Å²) in [5, 5.41) is 0. The minimum absolute atomic E-state index is 0.0114. The molecule has 0 saturated heterocycles. The van der Waals surface area contributed by atoms with E-state index in [1.807, 2.05) is 18.2 Å². The van der Waals surface area contributed by atoms with E-state index in [4.69, 9.17) is 9.15 Å². The predicted octanol–water partition coefficient (Wildman–Crippen LogP) is 0.831. The Labute approximate surface area is 166 Å². The Hall–Kier alpha value is -3.11. The number of sulfonamides is 1. The number of hydrogen-bond acceptors (Lipinski definition) is 6. The SMILES string of the molecule is Cn1c(=O)oc2ccc(S(=O)(=O)NCCN3Cc4ccccc4OCC3=O)cc21. The van der Waals surface area contributed by atoms with Crippen LogP contribution in [0.15, 0.2) is 56.6 Å². The Morgan fingerprint density at radius 2 is 1.93 bits per heavy atom. The molecule has 2 heterocycles. The van der Waals surface area contributed by atoms with Crippen molar-refractivity contribution >= 4 is 27.0 Å². The largest absolute Gasteiger partial charge is 0.483 e. The van der Waals surface area contributed by atoms with Gasteiger partial charge in [-0.15, -0.1) is 0 Å². The molecule has 0 unspecified atom stereocenters. The predicted molar refractivity (Wildman–Crippen MR) is 104 cm³/mol. The topological polar surface area (TPSA) is 111 Å². The van der Waals surface area contributed by atoms with Gasteiger partial charge in [0, 0.05) is 32.2 Å². The fourth-order valence-corrected chi connectivity index (χ4v) is 4.22. The van der Waals surface area contributed by atoms with Gasteiger partial charge in [-0.3, -0.25) is 9.36 Å². The summed E-state index contributed by atoms with van der Waals surface area (Å²) in [4.78, 5) is 25.4. The van der Waals surface area contributed by atoms with Crippen LogP contribution < -0.4 is 15.2 Å². The lowest BCUT2D eigenvalue weighted by Crippen LogP contribution is -2.39. The lowest BCUT2D eigenvalue weighted by Gasteiger charge is -2.20. The normalized spacial score (nSPS) is 14.5. The third-order valence-corrected chi connectivity index (χ3v) is 6.24. The second-order valence-corrected chi connectivity index (χ2v) is 8.43. The zero-order valence-electron chi connectivity index (χ0n) is 15.6. The van der Waals surface area contributed by atoms with E-state index in [-0.39, 0.29) is 30.5 Å². The molecule has 0 spiro atoms. The van der Waals surface area contributed by atoms with E-state index < -0.39 is 15.8 Å². The molecular formula is C19H19N3O6S. The van der Waals surface area contributed by atoms with Crippen molar-refractivity contribution < 1.29 is 22.4 Å². The van der Waals surface area contributed by atoms with E-state index in [9.17, 15) is 18.0 Å². The Morgan fingerprint density at radius 3 is 2.76 bits per heavy atom. The highest BCUT2D eigenvalue weighted by atomic mass is 32.2. The number of aryl methyl sites for hydroxylation is 1. The van der Waals surface area contributed by atoms with Crippen LogP contribution in [-0.2, 0) is 28.4 Å². The molecule has 1 aliphatic heterocycles. The second-order valence-electron chi connectivity index (χ2n) is 6.67. The highest BCUT2D eigenvalue weighted by Crippen LogP contribution is 2.22. The van der Waals surface area contributed by atoms with Crippen molar-refractivity contribution in [2.24, 2.45) is 7.05 Å². The standard InChI is InChI=1S/C19H19N3O6S/c1-21-15-10-14(6-7-17(15)28-19(21)24)29(25,26)20-8-9-22-11-13-4-2-3-5-16(13)27-12-18(22)23/h2-7,10,20H,8-9,11-12H2,1H3. The zero-order valence-corrected chi connectivity index (χ0v) is 16.4. The summed E-state index contributed by atoms with van der Waals surface area (Å²) in [6.07, 6.45) is 0. The minimum Gasteiger partial charge on any atom is -0.483 e. The fourth-order valence-electron chi connectivity index (χ4n) is 3.18. The van der Waals surface area contributed by atoms with Crippen LogP contribution in [0.25, 0.3) is 11.1 Å². The summed E-state index contributed by atoms with van der Waals surface area (Å²) >= 11 is 0. The molecule has 0 fully saturated rings. The molecule has 1 aliphatic rings. The van der Waals surface area contributed by atoms with E-state index in [2.05, 4.69) is 4.72 Å². The van der Waals surface area contributed by atoms with Crippen LogP contribution in [-0.4, -0.2) is 43.5 Å². The Morgan fingerprint density at radius 1 is 1.14 bits per heavy atom. The maximum Gasteiger partial charge on any atom is 0.419 e. The van der Waals surface area contributed by atoms with Crippen molar-refractivity contribution in [3.63, 3.8) is 0 Å². The van der Waals surface area contributed by atoms with Gasteiger partial charge in [-0.05, 0) is 24.3 Å². The van der Waals surface area contributed by atoms with Gasteiger partial charge >= 0.3 is 5.76 Å². The first-order chi connectivity index (χ1) is 13.8. The van der Waals surface area contributed by atoms with Gasteiger partial charge in [0.15, 0.2) is 12.2 Å². The molecule has 1 amide bonds. The minimum atomic E-state index is -3.82. The number of fused-ring (bicyclic) bond motifs is 2. The van der Waals surface area contributed by atoms with Gasteiger partial charge in [0.2, 0.25) is 10.0 Å². The number of para-hydroxylation sites is 1. The van der Waals surface area contributed by atoms with Crippen molar-refractivity contribution in [3.8, 4) is 5.75 Å². The van der Waals surface area contributed by atoms with E-state index in [1.165, 1.54) is 29.8 Å².